The third kappa shape index (κ3) is 3.51. The number of pyridine rings is 1. The summed E-state index contributed by atoms with van der Waals surface area (Å²) in [5.74, 6) is -1.11. The quantitative estimate of drug-likeness (QED) is 0.781. The number of nitrogens with zero attached hydrogens (tertiary/aromatic N) is 2. The van der Waals surface area contributed by atoms with Gasteiger partial charge in [-0.3, -0.25) is 4.79 Å². The Morgan fingerprint density at radius 1 is 1.67 bits per heavy atom. The minimum absolute atomic E-state index is 0.229. The second-order valence-corrected chi connectivity index (χ2v) is 5.26. The number of carboxylic acid groups (broad SMARTS) is 1. The monoisotopic (exact) mass is 269 g/mol. The van der Waals surface area contributed by atoms with Gasteiger partial charge in [-0.05, 0) is 19.1 Å². The van der Waals surface area contributed by atoms with Gasteiger partial charge in [0.05, 0.1) is 6.42 Å². The van der Waals surface area contributed by atoms with Gasteiger partial charge in [0.2, 0.25) is 10.0 Å². The smallest absolute Gasteiger partial charge is 0.304 e. The molecule has 0 amide bonds. The molecule has 1 rings (SSSR count). The van der Waals surface area contributed by atoms with Crippen molar-refractivity contribution in [3.63, 3.8) is 0 Å². The van der Waals surface area contributed by atoms with E-state index in [1.54, 1.807) is 6.07 Å². The van der Waals surface area contributed by atoms with Crippen LogP contribution in [0.3, 0.4) is 0 Å². The maximum Gasteiger partial charge on any atom is 0.304 e. The summed E-state index contributed by atoms with van der Waals surface area (Å²) >= 11 is 0. The molecule has 1 atom stereocenters. The van der Waals surface area contributed by atoms with E-state index in [4.69, 9.17) is 10.4 Å². The van der Waals surface area contributed by atoms with Crippen LogP contribution in [0.1, 0.15) is 19.0 Å². The summed E-state index contributed by atoms with van der Waals surface area (Å²) in [4.78, 5) is 13.8. The SMILES string of the molecule is CC(CC(=O)O)NS(=O)(=O)c1cccnc1C#N. The molecule has 0 saturated carbocycles. The first kappa shape index (κ1) is 14.1. The summed E-state index contributed by atoms with van der Waals surface area (Å²) in [7, 11) is -3.95. The lowest BCUT2D eigenvalue weighted by molar-refractivity contribution is -0.137. The zero-order chi connectivity index (χ0) is 13.8. The fraction of sp³-hybridized carbons (Fsp3) is 0.300. The fourth-order valence-corrected chi connectivity index (χ4v) is 2.67. The van der Waals surface area contributed by atoms with Gasteiger partial charge in [0.25, 0.3) is 0 Å². The zero-order valence-electron chi connectivity index (χ0n) is 9.49. The van der Waals surface area contributed by atoms with E-state index in [0.717, 1.165) is 0 Å². The van der Waals surface area contributed by atoms with Gasteiger partial charge in [-0.1, -0.05) is 0 Å². The molecule has 0 spiro atoms. The van der Waals surface area contributed by atoms with Crippen LogP contribution >= 0.6 is 0 Å². The Hall–Kier alpha value is -1.98. The van der Waals surface area contributed by atoms with Crippen molar-refractivity contribution in [2.75, 3.05) is 0 Å². The summed E-state index contributed by atoms with van der Waals surface area (Å²) in [6.45, 7) is 1.42. The Kier molecular flexibility index (Phi) is 4.36. The third-order valence-electron chi connectivity index (χ3n) is 2.00. The first-order chi connectivity index (χ1) is 8.36. The molecule has 96 valence electrons. The molecule has 0 fully saturated rings. The lowest BCUT2D eigenvalue weighted by Crippen LogP contribution is -2.34. The highest BCUT2D eigenvalue weighted by Crippen LogP contribution is 2.12. The predicted octanol–water partition coefficient (Wildman–Crippen LogP) is 0.0948. The fourth-order valence-electron chi connectivity index (χ4n) is 1.32. The van der Waals surface area contributed by atoms with Gasteiger partial charge in [0.1, 0.15) is 11.0 Å². The molecular weight excluding hydrogens is 258 g/mol. The largest absolute Gasteiger partial charge is 0.481 e. The van der Waals surface area contributed by atoms with Crippen molar-refractivity contribution in [2.45, 2.75) is 24.3 Å². The second-order valence-electron chi connectivity index (χ2n) is 3.58. The highest BCUT2D eigenvalue weighted by atomic mass is 32.2. The molecule has 1 heterocycles. The topological polar surface area (TPSA) is 120 Å². The maximum absolute atomic E-state index is 11.9. The van der Waals surface area contributed by atoms with Crippen LogP contribution in [0.5, 0.6) is 0 Å². The summed E-state index contributed by atoms with van der Waals surface area (Å²) in [6, 6.07) is 3.51. The van der Waals surface area contributed by atoms with Crippen molar-refractivity contribution >= 4 is 16.0 Å². The predicted molar refractivity (Wildman–Crippen MR) is 61.0 cm³/mol. The molecule has 18 heavy (non-hydrogen) atoms. The minimum atomic E-state index is -3.95. The Morgan fingerprint density at radius 2 is 2.33 bits per heavy atom. The first-order valence-electron chi connectivity index (χ1n) is 4.96. The van der Waals surface area contributed by atoms with Gasteiger partial charge in [-0.25, -0.2) is 18.1 Å². The van der Waals surface area contributed by atoms with E-state index >= 15 is 0 Å². The summed E-state index contributed by atoms with van der Waals surface area (Å²) in [5.41, 5.74) is -0.229. The highest BCUT2D eigenvalue weighted by Gasteiger charge is 2.22. The number of nitrogens with one attached hydrogen (secondary N) is 1. The molecule has 0 saturated heterocycles. The van der Waals surface area contributed by atoms with Crippen molar-refractivity contribution in [1.82, 2.24) is 9.71 Å². The number of aliphatic carboxylic acids is 1. The van der Waals surface area contributed by atoms with Crippen LogP contribution in [0.2, 0.25) is 0 Å². The molecule has 0 aromatic carbocycles. The Bertz CT molecular complexity index is 591. The molecule has 2 N–H and O–H groups in total. The molecule has 0 radical (unpaired) electrons. The molecule has 0 bridgehead atoms. The molecular formula is C10H11N3O4S. The van der Waals surface area contributed by atoms with Crippen molar-refractivity contribution in [3.8, 4) is 6.07 Å². The van der Waals surface area contributed by atoms with Crippen LogP contribution in [0.15, 0.2) is 23.2 Å². The lowest BCUT2D eigenvalue weighted by atomic mass is 10.3. The number of hydrogen-bond acceptors (Lipinski definition) is 5. The Labute approximate surface area is 104 Å². The van der Waals surface area contributed by atoms with Gasteiger partial charge < -0.3 is 5.11 Å². The highest BCUT2D eigenvalue weighted by molar-refractivity contribution is 7.89. The number of sulfonamides is 1. The normalized spacial score (nSPS) is 12.7. The molecule has 7 nitrogen and oxygen atoms in total. The van der Waals surface area contributed by atoms with Crippen LogP contribution in [0.4, 0.5) is 0 Å². The minimum Gasteiger partial charge on any atom is -0.481 e. The number of nitriles is 1. The van der Waals surface area contributed by atoms with E-state index in [9.17, 15) is 13.2 Å². The molecule has 1 unspecified atom stereocenters. The van der Waals surface area contributed by atoms with E-state index in [1.807, 2.05) is 0 Å². The molecule has 0 aliphatic rings. The lowest BCUT2D eigenvalue weighted by Gasteiger charge is -2.12. The molecule has 1 aromatic rings. The Morgan fingerprint density at radius 3 is 2.89 bits per heavy atom. The standard InChI is InChI=1S/C10H11N3O4S/c1-7(5-10(14)15)13-18(16,17)9-3-2-4-12-8(9)6-11/h2-4,7,13H,5H2,1H3,(H,14,15). The average molecular weight is 269 g/mol. The van der Waals surface area contributed by atoms with Crippen molar-refractivity contribution in [1.29, 1.82) is 5.26 Å². The van der Waals surface area contributed by atoms with Crippen LogP contribution < -0.4 is 4.72 Å². The van der Waals surface area contributed by atoms with E-state index in [-0.39, 0.29) is 17.0 Å². The Balaban J connectivity index is 3.01. The van der Waals surface area contributed by atoms with E-state index < -0.39 is 22.0 Å². The van der Waals surface area contributed by atoms with Gasteiger partial charge in [0.15, 0.2) is 5.69 Å². The van der Waals surface area contributed by atoms with E-state index in [1.165, 1.54) is 25.3 Å². The number of hydrogen-bond donors (Lipinski definition) is 2. The summed E-state index contributed by atoms with van der Waals surface area (Å²) < 4.78 is 26.0. The van der Waals surface area contributed by atoms with Gasteiger partial charge in [-0.2, -0.15) is 5.26 Å². The first-order valence-corrected chi connectivity index (χ1v) is 6.44. The van der Waals surface area contributed by atoms with Crippen LogP contribution in [0.25, 0.3) is 0 Å². The van der Waals surface area contributed by atoms with Crippen molar-refractivity contribution in [2.24, 2.45) is 0 Å². The third-order valence-corrected chi connectivity index (χ3v) is 3.62. The number of carbonyl (C=O) groups is 1. The van der Waals surface area contributed by atoms with Crippen LogP contribution in [-0.4, -0.2) is 30.5 Å². The molecule has 1 aromatic heterocycles. The van der Waals surface area contributed by atoms with E-state index in [2.05, 4.69) is 9.71 Å². The zero-order valence-corrected chi connectivity index (χ0v) is 10.3. The average Bonchev–Trinajstić information content (AvgIpc) is 2.27. The molecule has 8 heteroatoms. The summed E-state index contributed by atoms with van der Waals surface area (Å²) in [5, 5.41) is 17.3. The van der Waals surface area contributed by atoms with Crippen LogP contribution in [0, 0.1) is 11.3 Å². The van der Waals surface area contributed by atoms with Gasteiger partial charge in [0, 0.05) is 12.2 Å². The molecule has 0 aliphatic carbocycles. The number of rotatable bonds is 5. The van der Waals surface area contributed by atoms with Gasteiger partial charge >= 0.3 is 5.97 Å². The maximum atomic E-state index is 11.9. The molecule has 0 aliphatic heterocycles. The van der Waals surface area contributed by atoms with E-state index in [0.29, 0.717) is 0 Å². The van der Waals surface area contributed by atoms with Crippen LogP contribution in [-0.2, 0) is 14.8 Å². The second kappa shape index (κ2) is 5.57. The number of aromatic nitrogens is 1. The number of carboxylic acids is 1. The van der Waals surface area contributed by atoms with Crippen molar-refractivity contribution < 1.29 is 18.3 Å². The summed E-state index contributed by atoms with van der Waals surface area (Å²) in [6.07, 6.45) is 0.958. The van der Waals surface area contributed by atoms with Crippen molar-refractivity contribution in [3.05, 3.63) is 24.0 Å². The van der Waals surface area contributed by atoms with Gasteiger partial charge in [-0.15, -0.1) is 0 Å².